The van der Waals surface area contributed by atoms with Crippen molar-refractivity contribution >= 4 is 5.91 Å². The standard InChI is InChI=1S/C15H22N2O2/c1-2-14(18)12-6-9-17(10-7-12)15(19)11-13-5-3-4-8-16-13/h3-5,8,12,14,18H,2,6-7,9-11H2,1H3. The molecule has 19 heavy (non-hydrogen) atoms. The van der Waals surface area contributed by atoms with Gasteiger partial charge in [0.15, 0.2) is 0 Å². The topological polar surface area (TPSA) is 53.4 Å². The third-order valence-corrected chi connectivity index (χ3v) is 3.91. The van der Waals surface area contributed by atoms with E-state index in [1.807, 2.05) is 30.0 Å². The molecule has 0 aliphatic carbocycles. The monoisotopic (exact) mass is 262 g/mol. The number of hydrogen-bond acceptors (Lipinski definition) is 3. The van der Waals surface area contributed by atoms with Gasteiger partial charge >= 0.3 is 0 Å². The van der Waals surface area contributed by atoms with Gasteiger partial charge in [-0.25, -0.2) is 0 Å². The maximum Gasteiger partial charge on any atom is 0.228 e. The van der Waals surface area contributed by atoms with Gasteiger partial charge in [-0.3, -0.25) is 9.78 Å². The normalized spacial score (nSPS) is 18.3. The highest BCUT2D eigenvalue weighted by Crippen LogP contribution is 2.22. The molecule has 4 heteroatoms. The van der Waals surface area contributed by atoms with Gasteiger partial charge in [0.05, 0.1) is 12.5 Å². The Kier molecular flexibility index (Phi) is 4.91. The lowest BCUT2D eigenvalue weighted by Crippen LogP contribution is -2.41. The third kappa shape index (κ3) is 3.77. The second-order valence-electron chi connectivity index (χ2n) is 5.19. The summed E-state index contributed by atoms with van der Waals surface area (Å²) in [6.45, 7) is 3.52. The molecule has 0 spiro atoms. The number of hydrogen-bond donors (Lipinski definition) is 1. The highest BCUT2D eigenvalue weighted by molar-refractivity contribution is 5.78. The van der Waals surface area contributed by atoms with Gasteiger partial charge in [0, 0.05) is 25.0 Å². The molecule has 0 bridgehead atoms. The van der Waals surface area contributed by atoms with Crippen molar-refractivity contribution in [3.8, 4) is 0 Å². The van der Waals surface area contributed by atoms with Gasteiger partial charge in [0.25, 0.3) is 0 Å². The Morgan fingerprint density at radius 3 is 2.79 bits per heavy atom. The lowest BCUT2D eigenvalue weighted by atomic mass is 9.90. The molecule has 2 rings (SSSR count). The van der Waals surface area contributed by atoms with Crippen molar-refractivity contribution in [3.05, 3.63) is 30.1 Å². The van der Waals surface area contributed by atoms with E-state index in [1.54, 1.807) is 6.20 Å². The van der Waals surface area contributed by atoms with E-state index in [4.69, 9.17) is 0 Å². The van der Waals surface area contributed by atoms with E-state index in [0.29, 0.717) is 12.3 Å². The highest BCUT2D eigenvalue weighted by atomic mass is 16.3. The predicted octanol–water partition coefficient (Wildman–Crippen LogP) is 1.63. The van der Waals surface area contributed by atoms with Crippen molar-refractivity contribution in [3.63, 3.8) is 0 Å². The summed E-state index contributed by atoms with van der Waals surface area (Å²) in [6.07, 6.45) is 4.49. The second kappa shape index (κ2) is 6.66. The summed E-state index contributed by atoms with van der Waals surface area (Å²) >= 11 is 0. The SMILES string of the molecule is CCC(O)C1CCN(C(=O)Cc2ccccn2)CC1. The maximum absolute atomic E-state index is 12.1. The molecule has 0 saturated carbocycles. The summed E-state index contributed by atoms with van der Waals surface area (Å²) in [6, 6.07) is 5.64. The first kappa shape index (κ1) is 14.0. The number of rotatable bonds is 4. The van der Waals surface area contributed by atoms with Crippen molar-refractivity contribution in [2.75, 3.05) is 13.1 Å². The average Bonchev–Trinajstić information content (AvgIpc) is 2.47. The molecule has 1 aromatic rings. The number of carbonyl (C=O) groups is 1. The van der Waals surface area contributed by atoms with E-state index < -0.39 is 0 Å². The van der Waals surface area contributed by atoms with Crippen LogP contribution in [-0.2, 0) is 11.2 Å². The number of aliphatic hydroxyl groups excluding tert-OH is 1. The van der Waals surface area contributed by atoms with E-state index in [0.717, 1.165) is 38.0 Å². The maximum atomic E-state index is 12.1. The third-order valence-electron chi connectivity index (χ3n) is 3.91. The molecule has 1 aliphatic rings. The van der Waals surface area contributed by atoms with Crippen LogP contribution in [-0.4, -0.2) is 40.1 Å². The number of amides is 1. The molecule has 0 aromatic carbocycles. The molecule has 104 valence electrons. The van der Waals surface area contributed by atoms with Crippen molar-refractivity contribution in [1.29, 1.82) is 0 Å². The summed E-state index contributed by atoms with van der Waals surface area (Å²) in [5.74, 6) is 0.493. The Labute approximate surface area is 114 Å². The average molecular weight is 262 g/mol. The van der Waals surface area contributed by atoms with Crippen molar-refractivity contribution < 1.29 is 9.90 Å². The number of aliphatic hydroxyl groups is 1. The Morgan fingerprint density at radius 2 is 2.21 bits per heavy atom. The molecule has 1 aliphatic heterocycles. The number of piperidine rings is 1. The molecule has 1 aromatic heterocycles. The Hall–Kier alpha value is -1.42. The molecule has 1 unspecified atom stereocenters. The van der Waals surface area contributed by atoms with Gasteiger partial charge in [-0.05, 0) is 37.3 Å². The molecule has 1 N–H and O–H groups in total. The second-order valence-corrected chi connectivity index (χ2v) is 5.19. The van der Waals surface area contributed by atoms with Crippen molar-refractivity contribution in [2.24, 2.45) is 5.92 Å². The summed E-state index contributed by atoms with van der Waals surface area (Å²) < 4.78 is 0. The molecule has 4 nitrogen and oxygen atoms in total. The van der Waals surface area contributed by atoms with Gasteiger partial charge in [-0.15, -0.1) is 0 Å². The summed E-state index contributed by atoms with van der Waals surface area (Å²) in [7, 11) is 0. The summed E-state index contributed by atoms with van der Waals surface area (Å²) in [5, 5.41) is 9.83. The molecule has 1 saturated heterocycles. The lowest BCUT2D eigenvalue weighted by Gasteiger charge is -2.34. The molecular weight excluding hydrogens is 240 g/mol. The van der Waals surface area contributed by atoms with E-state index >= 15 is 0 Å². The minimum Gasteiger partial charge on any atom is -0.393 e. The van der Waals surface area contributed by atoms with Gasteiger partial charge in [0.1, 0.15) is 0 Å². The van der Waals surface area contributed by atoms with Gasteiger partial charge in [0.2, 0.25) is 5.91 Å². The quantitative estimate of drug-likeness (QED) is 0.897. The number of carbonyl (C=O) groups excluding carboxylic acids is 1. The van der Waals surface area contributed by atoms with Crippen LogP contribution in [0.4, 0.5) is 0 Å². The number of pyridine rings is 1. The van der Waals surface area contributed by atoms with Gasteiger partial charge in [-0.1, -0.05) is 13.0 Å². The van der Waals surface area contributed by atoms with Crippen LogP contribution in [0.2, 0.25) is 0 Å². The fourth-order valence-corrected chi connectivity index (χ4v) is 2.64. The molecular formula is C15H22N2O2. The first-order valence-corrected chi connectivity index (χ1v) is 7.06. The van der Waals surface area contributed by atoms with Crippen LogP contribution in [0.15, 0.2) is 24.4 Å². The van der Waals surface area contributed by atoms with Crippen LogP contribution in [0, 0.1) is 5.92 Å². The largest absolute Gasteiger partial charge is 0.393 e. The van der Waals surface area contributed by atoms with Crippen LogP contribution in [0.1, 0.15) is 31.9 Å². The molecule has 1 atom stereocenters. The zero-order valence-corrected chi connectivity index (χ0v) is 11.5. The first-order chi connectivity index (χ1) is 9.20. The van der Waals surface area contributed by atoms with Crippen LogP contribution in [0.25, 0.3) is 0 Å². The molecule has 1 fully saturated rings. The van der Waals surface area contributed by atoms with Gasteiger partial charge < -0.3 is 10.0 Å². The van der Waals surface area contributed by atoms with Crippen LogP contribution in [0.5, 0.6) is 0 Å². The summed E-state index contributed by atoms with van der Waals surface area (Å²) in [4.78, 5) is 18.2. The molecule has 0 radical (unpaired) electrons. The van der Waals surface area contributed by atoms with Crippen molar-refractivity contribution in [2.45, 2.75) is 38.7 Å². The number of nitrogens with zero attached hydrogens (tertiary/aromatic N) is 2. The Balaban J connectivity index is 1.83. The van der Waals surface area contributed by atoms with Crippen molar-refractivity contribution in [1.82, 2.24) is 9.88 Å². The minimum atomic E-state index is -0.215. The molecule has 2 heterocycles. The lowest BCUT2D eigenvalue weighted by molar-refractivity contribution is -0.132. The number of likely N-dealkylation sites (tertiary alicyclic amines) is 1. The Bertz CT molecular complexity index is 400. The predicted molar refractivity (Wildman–Crippen MR) is 73.5 cm³/mol. The van der Waals surface area contributed by atoms with E-state index in [9.17, 15) is 9.90 Å². The summed E-state index contributed by atoms with van der Waals surface area (Å²) in [5.41, 5.74) is 0.822. The smallest absolute Gasteiger partial charge is 0.228 e. The zero-order valence-electron chi connectivity index (χ0n) is 11.5. The van der Waals surface area contributed by atoms with Gasteiger partial charge in [-0.2, -0.15) is 0 Å². The zero-order chi connectivity index (χ0) is 13.7. The fraction of sp³-hybridized carbons (Fsp3) is 0.600. The highest BCUT2D eigenvalue weighted by Gasteiger charge is 2.26. The van der Waals surface area contributed by atoms with E-state index in [-0.39, 0.29) is 12.0 Å². The van der Waals surface area contributed by atoms with Crippen LogP contribution >= 0.6 is 0 Å². The Morgan fingerprint density at radius 1 is 1.47 bits per heavy atom. The minimum absolute atomic E-state index is 0.142. The molecule has 1 amide bonds. The van der Waals surface area contributed by atoms with Crippen LogP contribution in [0.3, 0.4) is 0 Å². The van der Waals surface area contributed by atoms with Crippen LogP contribution < -0.4 is 0 Å². The first-order valence-electron chi connectivity index (χ1n) is 7.06. The number of aromatic nitrogens is 1. The van der Waals surface area contributed by atoms with E-state index in [2.05, 4.69) is 4.98 Å². The fourth-order valence-electron chi connectivity index (χ4n) is 2.64. The van der Waals surface area contributed by atoms with E-state index in [1.165, 1.54) is 0 Å².